The predicted octanol–water partition coefficient (Wildman–Crippen LogP) is 2.04. The lowest BCUT2D eigenvalue weighted by atomic mass is 10.1. The summed E-state index contributed by atoms with van der Waals surface area (Å²) in [6.07, 6.45) is 1.59. The Morgan fingerprint density at radius 3 is 2.62 bits per heavy atom. The molecule has 1 aliphatic heterocycles. The van der Waals surface area contributed by atoms with E-state index in [4.69, 9.17) is 17.0 Å². The van der Waals surface area contributed by atoms with Gasteiger partial charge in [-0.05, 0) is 54.9 Å². The Morgan fingerprint density at radius 1 is 1.35 bits per heavy atom. The summed E-state index contributed by atoms with van der Waals surface area (Å²) < 4.78 is 34.6. The maximum Gasteiger partial charge on any atom is 0.387 e. The van der Waals surface area contributed by atoms with E-state index in [-0.39, 0.29) is 5.75 Å². The first-order valence-electron chi connectivity index (χ1n) is 8.39. The highest BCUT2D eigenvalue weighted by molar-refractivity contribution is 7.80. The number of aryl methyl sites for hydroxylation is 2. The van der Waals surface area contributed by atoms with Crippen LogP contribution >= 0.6 is 12.2 Å². The highest BCUT2D eigenvalue weighted by atomic mass is 32.1. The third kappa shape index (κ3) is 6.81. The molecule has 26 heavy (non-hydrogen) atoms. The SMILES string of the molecule is Cc1cc(/C=N\NC(=S)NCCN2CCOCC2)cc(C)c1OC(F)F. The number of halogens is 2. The Balaban J connectivity index is 1.77. The highest BCUT2D eigenvalue weighted by Gasteiger charge is 2.11. The molecule has 1 aromatic carbocycles. The lowest BCUT2D eigenvalue weighted by Crippen LogP contribution is -2.42. The van der Waals surface area contributed by atoms with Gasteiger partial charge in [0.2, 0.25) is 0 Å². The molecule has 0 aromatic heterocycles. The number of nitrogens with one attached hydrogen (secondary N) is 2. The molecule has 2 rings (SSSR count). The fraction of sp³-hybridized carbons (Fsp3) is 0.529. The maximum absolute atomic E-state index is 12.4. The summed E-state index contributed by atoms with van der Waals surface area (Å²) in [4.78, 5) is 2.30. The zero-order chi connectivity index (χ0) is 18.9. The third-order valence-electron chi connectivity index (χ3n) is 3.89. The first-order chi connectivity index (χ1) is 12.5. The van der Waals surface area contributed by atoms with E-state index < -0.39 is 6.61 Å². The molecule has 6 nitrogen and oxygen atoms in total. The molecule has 1 heterocycles. The van der Waals surface area contributed by atoms with E-state index in [1.54, 1.807) is 32.2 Å². The van der Waals surface area contributed by atoms with E-state index in [0.717, 1.165) is 45.0 Å². The number of benzene rings is 1. The number of thiocarbonyl (C=S) groups is 1. The van der Waals surface area contributed by atoms with Gasteiger partial charge in [-0.15, -0.1) is 0 Å². The molecule has 1 aromatic rings. The third-order valence-corrected chi connectivity index (χ3v) is 4.12. The number of rotatable bonds is 7. The van der Waals surface area contributed by atoms with Crippen LogP contribution in [0.5, 0.6) is 5.75 Å². The monoisotopic (exact) mass is 386 g/mol. The number of hydrogen-bond donors (Lipinski definition) is 2. The molecule has 0 bridgehead atoms. The van der Waals surface area contributed by atoms with Crippen LogP contribution in [0.3, 0.4) is 0 Å². The molecule has 144 valence electrons. The van der Waals surface area contributed by atoms with Crippen LogP contribution in [0.1, 0.15) is 16.7 Å². The minimum absolute atomic E-state index is 0.199. The second kappa shape index (κ2) is 10.3. The quantitative estimate of drug-likeness (QED) is 0.425. The molecule has 0 saturated carbocycles. The number of nitrogens with zero attached hydrogens (tertiary/aromatic N) is 2. The molecule has 0 spiro atoms. The van der Waals surface area contributed by atoms with Crippen LogP contribution in [0, 0.1) is 13.8 Å². The van der Waals surface area contributed by atoms with Crippen molar-refractivity contribution >= 4 is 23.5 Å². The van der Waals surface area contributed by atoms with Crippen molar-refractivity contribution in [2.45, 2.75) is 20.5 Å². The molecule has 0 aliphatic carbocycles. The number of alkyl halides is 2. The van der Waals surface area contributed by atoms with E-state index in [2.05, 4.69) is 25.5 Å². The lowest BCUT2D eigenvalue weighted by molar-refractivity contribution is -0.0507. The molecule has 0 unspecified atom stereocenters. The standard InChI is InChI=1S/C17H24F2N4O2S/c1-12-9-14(10-13(2)15(12)25-16(18)19)11-21-22-17(26)20-3-4-23-5-7-24-8-6-23/h9-11,16H,3-8H2,1-2H3,(H2,20,22,26)/b21-11-. The van der Waals surface area contributed by atoms with Crippen molar-refractivity contribution < 1.29 is 18.3 Å². The van der Waals surface area contributed by atoms with Gasteiger partial charge in [0.1, 0.15) is 5.75 Å². The first kappa shape index (κ1) is 20.5. The van der Waals surface area contributed by atoms with Crippen molar-refractivity contribution in [1.82, 2.24) is 15.6 Å². The van der Waals surface area contributed by atoms with Crippen LogP contribution in [0.2, 0.25) is 0 Å². The summed E-state index contributed by atoms with van der Waals surface area (Å²) in [6.45, 7) is 5.61. The molecule has 2 N–H and O–H groups in total. The van der Waals surface area contributed by atoms with Gasteiger partial charge in [-0.3, -0.25) is 10.3 Å². The Labute approximate surface area is 157 Å². The Kier molecular flexibility index (Phi) is 8.14. The van der Waals surface area contributed by atoms with Gasteiger partial charge < -0.3 is 14.8 Å². The maximum atomic E-state index is 12.4. The number of ether oxygens (including phenoxy) is 2. The molecule has 1 fully saturated rings. The summed E-state index contributed by atoms with van der Waals surface area (Å²) in [5.74, 6) is 0.199. The fourth-order valence-electron chi connectivity index (χ4n) is 2.69. The van der Waals surface area contributed by atoms with Crippen LogP contribution in [0.15, 0.2) is 17.2 Å². The van der Waals surface area contributed by atoms with Crippen LogP contribution in [0.4, 0.5) is 8.78 Å². The fourth-order valence-corrected chi connectivity index (χ4v) is 2.85. The lowest BCUT2D eigenvalue weighted by Gasteiger charge is -2.26. The van der Waals surface area contributed by atoms with Crippen LogP contribution in [-0.4, -0.2) is 62.2 Å². The van der Waals surface area contributed by atoms with Crippen molar-refractivity contribution in [2.75, 3.05) is 39.4 Å². The second-order valence-electron chi connectivity index (χ2n) is 5.94. The zero-order valence-corrected chi connectivity index (χ0v) is 15.7. The summed E-state index contributed by atoms with van der Waals surface area (Å²) in [7, 11) is 0. The molecule has 1 aliphatic rings. The highest BCUT2D eigenvalue weighted by Crippen LogP contribution is 2.25. The van der Waals surface area contributed by atoms with E-state index in [1.165, 1.54) is 0 Å². The summed E-state index contributed by atoms with van der Waals surface area (Å²) >= 11 is 5.17. The molecular formula is C17H24F2N4O2S. The van der Waals surface area contributed by atoms with Gasteiger partial charge in [0.05, 0.1) is 19.4 Å². The summed E-state index contributed by atoms with van der Waals surface area (Å²) in [5, 5.41) is 7.60. The molecule has 0 atom stereocenters. The van der Waals surface area contributed by atoms with Crippen molar-refractivity contribution in [1.29, 1.82) is 0 Å². The van der Waals surface area contributed by atoms with Gasteiger partial charge in [-0.25, -0.2) is 0 Å². The van der Waals surface area contributed by atoms with Gasteiger partial charge in [0.15, 0.2) is 5.11 Å². The number of morpholine rings is 1. The molecule has 0 amide bonds. The van der Waals surface area contributed by atoms with Crippen LogP contribution < -0.4 is 15.5 Å². The smallest absolute Gasteiger partial charge is 0.387 e. The Hall–Kier alpha value is -1.84. The van der Waals surface area contributed by atoms with E-state index in [1.807, 2.05) is 0 Å². The molecular weight excluding hydrogens is 362 g/mol. The average molecular weight is 386 g/mol. The van der Waals surface area contributed by atoms with Crippen molar-refractivity contribution in [2.24, 2.45) is 5.10 Å². The van der Waals surface area contributed by atoms with Crippen molar-refractivity contribution in [3.05, 3.63) is 28.8 Å². The van der Waals surface area contributed by atoms with Gasteiger partial charge in [-0.2, -0.15) is 13.9 Å². The van der Waals surface area contributed by atoms with Crippen molar-refractivity contribution in [3.63, 3.8) is 0 Å². The normalized spacial score (nSPS) is 15.4. The van der Waals surface area contributed by atoms with E-state index in [0.29, 0.717) is 16.2 Å². The number of hydrogen-bond acceptors (Lipinski definition) is 5. The minimum Gasteiger partial charge on any atom is -0.434 e. The second-order valence-corrected chi connectivity index (χ2v) is 6.35. The van der Waals surface area contributed by atoms with Gasteiger partial charge in [0, 0.05) is 26.2 Å². The van der Waals surface area contributed by atoms with Gasteiger partial charge in [0.25, 0.3) is 0 Å². The van der Waals surface area contributed by atoms with Crippen LogP contribution in [-0.2, 0) is 4.74 Å². The Bertz CT molecular complexity index is 614. The molecule has 0 radical (unpaired) electrons. The van der Waals surface area contributed by atoms with E-state index >= 15 is 0 Å². The topological polar surface area (TPSA) is 58.1 Å². The van der Waals surface area contributed by atoms with E-state index in [9.17, 15) is 8.78 Å². The summed E-state index contributed by atoms with van der Waals surface area (Å²) in [5.41, 5.74) is 4.76. The molecule has 9 heteroatoms. The first-order valence-corrected chi connectivity index (χ1v) is 8.79. The molecule has 1 saturated heterocycles. The Morgan fingerprint density at radius 2 is 2.00 bits per heavy atom. The van der Waals surface area contributed by atoms with Gasteiger partial charge in [-0.1, -0.05) is 0 Å². The van der Waals surface area contributed by atoms with Gasteiger partial charge >= 0.3 is 6.61 Å². The predicted molar refractivity (Wildman–Crippen MR) is 101 cm³/mol. The zero-order valence-electron chi connectivity index (χ0n) is 14.9. The van der Waals surface area contributed by atoms with Crippen LogP contribution in [0.25, 0.3) is 0 Å². The number of hydrazone groups is 1. The largest absolute Gasteiger partial charge is 0.434 e. The minimum atomic E-state index is -2.84. The average Bonchev–Trinajstić information content (AvgIpc) is 2.59. The van der Waals surface area contributed by atoms with Crippen molar-refractivity contribution in [3.8, 4) is 5.75 Å². The summed E-state index contributed by atoms with van der Waals surface area (Å²) in [6, 6.07) is 3.45.